The molecule has 1 saturated heterocycles. The van der Waals surface area contributed by atoms with Crippen molar-refractivity contribution in [2.24, 2.45) is 0 Å². The molecule has 0 amide bonds. The minimum Gasteiger partial charge on any atom is -0.377 e. The Bertz CT molecular complexity index is 585. The second kappa shape index (κ2) is 6.06. The molecule has 0 radical (unpaired) electrons. The van der Waals surface area contributed by atoms with Crippen LogP contribution in [-0.2, 0) is 14.8 Å². The van der Waals surface area contributed by atoms with E-state index in [4.69, 9.17) is 4.74 Å². The molecular weight excluding hydrogens is 290 g/mol. The summed E-state index contributed by atoms with van der Waals surface area (Å²) in [5.74, 6) is 0. The number of nitrogens with one attached hydrogen (secondary N) is 1. The molecule has 1 unspecified atom stereocenters. The second-order valence-corrected chi connectivity index (χ2v) is 7.72. The van der Waals surface area contributed by atoms with Crippen LogP contribution in [0.25, 0.3) is 0 Å². The van der Waals surface area contributed by atoms with E-state index in [1.807, 2.05) is 4.68 Å². The van der Waals surface area contributed by atoms with E-state index in [1.54, 1.807) is 13.1 Å². The van der Waals surface area contributed by atoms with Gasteiger partial charge in [-0.1, -0.05) is 12.8 Å². The third kappa shape index (κ3) is 3.30. The van der Waals surface area contributed by atoms with Crippen molar-refractivity contribution in [3.8, 4) is 0 Å². The van der Waals surface area contributed by atoms with E-state index in [-0.39, 0.29) is 6.10 Å². The molecule has 0 spiro atoms. The van der Waals surface area contributed by atoms with Gasteiger partial charge in [0.1, 0.15) is 4.90 Å². The normalized spacial score (nSPS) is 24.0. The van der Waals surface area contributed by atoms with Gasteiger partial charge in [-0.3, -0.25) is 4.68 Å². The van der Waals surface area contributed by atoms with Crippen LogP contribution in [0.15, 0.2) is 11.1 Å². The van der Waals surface area contributed by atoms with Gasteiger partial charge in [0.15, 0.2) is 0 Å². The molecule has 1 aromatic rings. The summed E-state index contributed by atoms with van der Waals surface area (Å²) in [7, 11) is -3.50. The zero-order valence-corrected chi connectivity index (χ0v) is 13.2. The fourth-order valence-corrected chi connectivity index (χ4v) is 4.41. The van der Waals surface area contributed by atoms with Crippen molar-refractivity contribution >= 4 is 10.0 Å². The van der Waals surface area contributed by atoms with Crippen molar-refractivity contribution in [2.45, 2.75) is 62.5 Å². The number of hydrogen-bond acceptors (Lipinski definition) is 4. The van der Waals surface area contributed by atoms with Gasteiger partial charge in [0.05, 0.1) is 17.8 Å². The number of rotatable bonds is 5. The Morgan fingerprint density at radius 1 is 1.33 bits per heavy atom. The first kappa shape index (κ1) is 15.0. The molecule has 6 nitrogen and oxygen atoms in total. The second-order valence-electron chi connectivity index (χ2n) is 5.98. The van der Waals surface area contributed by atoms with E-state index in [0.717, 1.165) is 32.3 Å². The molecule has 0 bridgehead atoms. The average Bonchev–Trinajstić information content (AvgIpc) is 3.18. The number of aryl methyl sites for hydroxylation is 1. The summed E-state index contributed by atoms with van der Waals surface area (Å²) < 4.78 is 34.8. The maximum atomic E-state index is 12.4. The van der Waals surface area contributed by atoms with Crippen molar-refractivity contribution in [2.75, 3.05) is 13.2 Å². The van der Waals surface area contributed by atoms with Gasteiger partial charge in [-0.2, -0.15) is 5.10 Å². The molecule has 0 aromatic carbocycles. The topological polar surface area (TPSA) is 73.2 Å². The quantitative estimate of drug-likeness (QED) is 0.899. The van der Waals surface area contributed by atoms with E-state index < -0.39 is 10.0 Å². The lowest BCUT2D eigenvalue weighted by atomic mass is 10.2. The molecule has 1 saturated carbocycles. The fraction of sp³-hybridized carbons (Fsp3) is 0.786. The van der Waals surface area contributed by atoms with Crippen LogP contribution in [0.1, 0.15) is 50.3 Å². The van der Waals surface area contributed by atoms with Crippen LogP contribution in [0.3, 0.4) is 0 Å². The third-order valence-electron chi connectivity index (χ3n) is 4.38. The molecule has 7 heteroatoms. The summed E-state index contributed by atoms with van der Waals surface area (Å²) in [6.45, 7) is 2.83. The van der Waals surface area contributed by atoms with Crippen molar-refractivity contribution < 1.29 is 13.2 Å². The van der Waals surface area contributed by atoms with Crippen LogP contribution < -0.4 is 4.72 Å². The Kier molecular flexibility index (Phi) is 4.33. The molecule has 1 N–H and O–H groups in total. The van der Waals surface area contributed by atoms with Gasteiger partial charge in [0.2, 0.25) is 10.0 Å². The number of aromatic nitrogens is 2. The van der Waals surface area contributed by atoms with Crippen LogP contribution >= 0.6 is 0 Å². The lowest BCUT2D eigenvalue weighted by Gasteiger charge is -2.11. The first-order chi connectivity index (χ1) is 10.1. The first-order valence-electron chi connectivity index (χ1n) is 7.73. The first-order valence-corrected chi connectivity index (χ1v) is 9.21. The monoisotopic (exact) mass is 313 g/mol. The zero-order valence-electron chi connectivity index (χ0n) is 12.4. The molecule has 2 fully saturated rings. The lowest BCUT2D eigenvalue weighted by molar-refractivity contribution is 0.114. The molecule has 118 valence electrons. The Hall–Kier alpha value is -0.920. The molecule has 2 heterocycles. The Morgan fingerprint density at radius 2 is 2.10 bits per heavy atom. The van der Waals surface area contributed by atoms with Gasteiger partial charge < -0.3 is 4.74 Å². The van der Waals surface area contributed by atoms with Crippen molar-refractivity contribution in [1.29, 1.82) is 0 Å². The Morgan fingerprint density at radius 3 is 2.76 bits per heavy atom. The summed E-state index contributed by atoms with van der Waals surface area (Å²) in [6, 6.07) is 0.353. The van der Waals surface area contributed by atoms with Crippen LogP contribution in [0, 0.1) is 6.92 Å². The number of sulfonamides is 1. The summed E-state index contributed by atoms with van der Waals surface area (Å²) in [5, 5.41) is 4.40. The molecule has 1 aliphatic carbocycles. The highest BCUT2D eigenvalue weighted by molar-refractivity contribution is 7.89. The predicted molar refractivity (Wildman–Crippen MR) is 78.6 cm³/mol. The van der Waals surface area contributed by atoms with E-state index in [9.17, 15) is 8.42 Å². The molecule has 1 atom stereocenters. The van der Waals surface area contributed by atoms with Crippen molar-refractivity contribution in [3.63, 3.8) is 0 Å². The molecule has 3 rings (SSSR count). The van der Waals surface area contributed by atoms with Crippen LogP contribution in [0.2, 0.25) is 0 Å². The highest BCUT2D eigenvalue weighted by atomic mass is 32.2. The molecular formula is C14H23N3O3S. The van der Waals surface area contributed by atoms with E-state index in [1.165, 1.54) is 12.8 Å². The molecule has 1 aromatic heterocycles. The summed E-state index contributed by atoms with van der Waals surface area (Å²) in [5.41, 5.74) is 0.571. The molecule has 1 aliphatic heterocycles. The van der Waals surface area contributed by atoms with Crippen LogP contribution in [0.4, 0.5) is 0 Å². The molecule has 2 aliphatic rings. The van der Waals surface area contributed by atoms with Crippen LogP contribution in [-0.4, -0.2) is 37.5 Å². The molecule has 21 heavy (non-hydrogen) atoms. The van der Waals surface area contributed by atoms with Gasteiger partial charge in [0.25, 0.3) is 0 Å². The predicted octanol–water partition coefficient (Wildman–Crippen LogP) is 1.76. The Balaban J connectivity index is 1.71. The zero-order chi connectivity index (χ0) is 14.9. The van der Waals surface area contributed by atoms with Crippen molar-refractivity contribution in [3.05, 3.63) is 11.9 Å². The van der Waals surface area contributed by atoms with E-state index in [2.05, 4.69) is 9.82 Å². The largest absolute Gasteiger partial charge is 0.377 e. The summed E-state index contributed by atoms with van der Waals surface area (Å²) in [6.07, 6.45) is 8.18. The summed E-state index contributed by atoms with van der Waals surface area (Å²) >= 11 is 0. The van der Waals surface area contributed by atoms with Gasteiger partial charge in [0, 0.05) is 19.3 Å². The fourth-order valence-electron chi connectivity index (χ4n) is 3.17. The smallest absolute Gasteiger partial charge is 0.244 e. The average molecular weight is 313 g/mol. The number of nitrogens with zero attached hydrogens (tertiary/aromatic N) is 2. The maximum Gasteiger partial charge on any atom is 0.244 e. The standard InChI is InChI=1S/C14H23N3O3S/c1-11-14(10-17(16-11)12-5-2-3-6-12)21(18,19)15-9-13-7-4-8-20-13/h10,12-13,15H,2-9H2,1H3. The third-order valence-corrected chi connectivity index (χ3v) is 5.91. The SMILES string of the molecule is Cc1nn(C2CCCC2)cc1S(=O)(=O)NCC1CCCO1. The van der Waals surface area contributed by atoms with Crippen molar-refractivity contribution in [1.82, 2.24) is 14.5 Å². The Labute approximate surface area is 125 Å². The number of hydrogen-bond donors (Lipinski definition) is 1. The van der Waals surface area contributed by atoms with Gasteiger partial charge in [-0.25, -0.2) is 13.1 Å². The highest BCUT2D eigenvalue weighted by Crippen LogP contribution is 2.30. The minimum atomic E-state index is -3.50. The van der Waals surface area contributed by atoms with Gasteiger partial charge in [-0.15, -0.1) is 0 Å². The maximum absolute atomic E-state index is 12.4. The minimum absolute atomic E-state index is 0.00459. The van der Waals surface area contributed by atoms with E-state index >= 15 is 0 Å². The lowest BCUT2D eigenvalue weighted by Crippen LogP contribution is -2.32. The summed E-state index contributed by atoms with van der Waals surface area (Å²) in [4.78, 5) is 0.299. The van der Waals surface area contributed by atoms with Gasteiger partial charge >= 0.3 is 0 Å². The highest BCUT2D eigenvalue weighted by Gasteiger charge is 2.26. The van der Waals surface area contributed by atoms with E-state index in [0.29, 0.717) is 23.2 Å². The van der Waals surface area contributed by atoms with Gasteiger partial charge in [-0.05, 0) is 32.6 Å². The van der Waals surface area contributed by atoms with Crippen LogP contribution in [0.5, 0.6) is 0 Å². The number of ether oxygens (including phenoxy) is 1.